The van der Waals surface area contributed by atoms with Crippen LogP contribution in [0.4, 0.5) is 5.69 Å². The summed E-state index contributed by atoms with van der Waals surface area (Å²) < 4.78 is 0. The number of halogens is 3. The smallest absolute Gasteiger partial charge is 0.191 e. The van der Waals surface area contributed by atoms with Crippen molar-refractivity contribution in [3.8, 4) is 0 Å². The number of rotatable bonds is 3. The van der Waals surface area contributed by atoms with E-state index in [1.54, 1.807) is 36.5 Å². The summed E-state index contributed by atoms with van der Waals surface area (Å²) in [6, 6.07) is 12.3. The molecule has 0 aliphatic carbocycles. The lowest BCUT2D eigenvalue weighted by molar-refractivity contribution is 1.05. The zero-order valence-electron chi connectivity index (χ0n) is 10.6. The standard InChI is InChI=1S/C14H10Cl3N3S/c15-10-3-1-9(2-4-10)8-18-20-14(21)19-13-7-11(16)5-6-12(13)17/h1-8H,(H2,19,20,21)/b18-8-. The van der Waals surface area contributed by atoms with Crippen molar-refractivity contribution in [3.05, 3.63) is 63.1 Å². The van der Waals surface area contributed by atoms with Gasteiger partial charge in [0.05, 0.1) is 16.9 Å². The first-order valence-corrected chi connectivity index (χ1v) is 7.39. The zero-order valence-corrected chi connectivity index (χ0v) is 13.7. The molecule has 0 unspecified atom stereocenters. The zero-order chi connectivity index (χ0) is 15.2. The Balaban J connectivity index is 1.93. The second-order valence-electron chi connectivity index (χ2n) is 4.00. The second-order valence-corrected chi connectivity index (χ2v) is 5.69. The predicted octanol–water partition coefficient (Wildman–Crippen LogP) is 4.97. The molecule has 0 radical (unpaired) electrons. The number of nitrogens with zero attached hydrogens (tertiary/aromatic N) is 1. The fraction of sp³-hybridized carbons (Fsp3) is 0. The first-order chi connectivity index (χ1) is 10.0. The monoisotopic (exact) mass is 357 g/mol. The summed E-state index contributed by atoms with van der Waals surface area (Å²) in [6.45, 7) is 0. The van der Waals surface area contributed by atoms with E-state index in [4.69, 9.17) is 47.0 Å². The van der Waals surface area contributed by atoms with Crippen molar-refractivity contribution >= 4 is 64.0 Å². The van der Waals surface area contributed by atoms with Crippen molar-refractivity contribution in [1.29, 1.82) is 0 Å². The number of hydrogen-bond donors (Lipinski definition) is 2. The summed E-state index contributed by atoms with van der Waals surface area (Å²) in [7, 11) is 0. The number of hydrogen-bond acceptors (Lipinski definition) is 2. The van der Waals surface area contributed by atoms with Crippen LogP contribution in [-0.2, 0) is 0 Å². The molecule has 2 rings (SSSR count). The molecule has 2 N–H and O–H groups in total. The van der Waals surface area contributed by atoms with Crippen LogP contribution in [0.1, 0.15) is 5.56 Å². The highest BCUT2D eigenvalue weighted by atomic mass is 35.5. The van der Waals surface area contributed by atoms with E-state index in [-0.39, 0.29) is 0 Å². The van der Waals surface area contributed by atoms with Crippen molar-refractivity contribution in [3.63, 3.8) is 0 Å². The molecule has 0 saturated heterocycles. The normalized spacial score (nSPS) is 10.6. The maximum Gasteiger partial charge on any atom is 0.191 e. The lowest BCUT2D eigenvalue weighted by Crippen LogP contribution is -2.24. The third kappa shape index (κ3) is 5.17. The highest BCUT2D eigenvalue weighted by Crippen LogP contribution is 2.25. The third-order valence-corrected chi connectivity index (χ3v) is 3.44. The average molecular weight is 359 g/mol. The summed E-state index contributed by atoms with van der Waals surface area (Å²) in [5, 5.41) is 9.00. The average Bonchev–Trinajstić information content (AvgIpc) is 2.45. The largest absolute Gasteiger partial charge is 0.330 e. The molecule has 0 atom stereocenters. The molecule has 0 bridgehead atoms. The molecular formula is C14H10Cl3N3S. The van der Waals surface area contributed by atoms with Crippen LogP contribution in [0.2, 0.25) is 15.1 Å². The topological polar surface area (TPSA) is 36.4 Å². The predicted molar refractivity (Wildman–Crippen MR) is 94.9 cm³/mol. The van der Waals surface area contributed by atoms with Crippen LogP contribution in [0.5, 0.6) is 0 Å². The molecule has 108 valence electrons. The van der Waals surface area contributed by atoms with Crippen molar-refractivity contribution in [1.82, 2.24) is 5.43 Å². The van der Waals surface area contributed by atoms with E-state index < -0.39 is 0 Å². The van der Waals surface area contributed by atoms with Crippen molar-refractivity contribution in [2.75, 3.05) is 5.32 Å². The van der Waals surface area contributed by atoms with Crippen LogP contribution in [0.3, 0.4) is 0 Å². The molecule has 0 aliphatic heterocycles. The minimum atomic E-state index is 0.310. The Morgan fingerprint density at radius 3 is 2.38 bits per heavy atom. The SMILES string of the molecule is S=C(N/N=C\c1ccc(Cl)cc1)Nc1cc(Cl)ccc1Cl. The molecule has 0 amide bonds. The fourth-order valence-corrected chi connectivity index (χ4v) is 2.08. The van der Waals surface area contributed by atoms with E-state index in [0.29, 0.717) is 25.9 Å². The molecule has 0 fully saturated rings. The van der Waals surface area contributed by atoms with Crippen LogP contribution >= 0.6 is 47.0 Å². The Bertz CT molecular complexity index is 672. The molecule has 0 heterocycles. The molecule has 7 heteroatoms. The number of nitrogens with one attached hydrogen (secondary N) is 2. The Hall–Kier alpha value is -1.33. The van der Waals surface area contributed by atoms with Gasteiger partial charge in [-0.1, -0.05) is 46.9 Å². The van der Waals surface area contributed by atoms with Crippen LogP contribution in [0.15, 0.2) is 47.6 Å². The van der Waals surface area contributed by atoms with Crippen molar-refractivity contribution < 1.29 is 0 Å². The molecule has 0 aliphatic rings. The lowest BCUT2D eigenvalue weighted by Gasteiger charge is -2.08. The first-order valence-electron chi connectivity index (χ1n) is 5.85. The Morgan fingerprint density at radius 2 is 1.67 bits per heavy atom. The quantitative estimate of drug-likeness (QED) is 0.462. The van der Waals surface area contributed by atoms with Crippen LogP contribution in [0, 0.1) is 0 Å². The van der Waals surface area contributed by atoms with Gasteiger partial charge in [-0.25, -0.2) is 0 Å². The van der Waals surface area contributed by atoms with E-state index >= 15 is 0 Å². The summed E-state index contributed by atoms with van der Waals surface area (Å²) >= 11 is 22.8. The van der Waals surface area contributed by atoms with Gasteiger partial charge in [0.25, 0.3) is 0 Å². The van der Waals surface area contributed by atoms with Gasteiger partial charge < -0.3 is 5.32 Å². The molecule has 2 aromatic carbocycles. The van der Waals surface area contributed by atoms with Gasteiger partial charge in [-0.2, -0.15) is 5.10 Å². The van der Waals surface area contributed by atoms with Crippen LogP contribution in [0.25, 0.3) is 0 Å². The van der Waals surface area contributed by atoms with Crippen molar-refractivity contribution in [2.24, 2.45) is 5.10 Å². The highest BCUT2D eigenvalue weighted by Gasteiger charge is 2.02. The number of thiocarbonyl (C=S) groups is 1. The van der Waals surface area contributed by atoms with Crippen molar-refractivity contribution in [2.45, 2.75) is 0 Å². The van der Waals surface area contributed by atoms with E-state index in [1.807, 2.05) is 12.1 Å². The maximum absolute atomic E-state index is 6.03. The molecule has 21 heavy (non-hydrogen) atoms. The molecule has 3 nitrogen and oxygen atoms in total. The molecule has 0 spiro atoms. The number of hydrazone groups is 1. The minimum absolute atomic E-state index is 0.310. The Morgan fingerprint density at radius 1 is 1.00 bits per heavy atom. The maximum atomic E-state index is 6.03. The summed E-state index contributed by atoms with van der Waals surface area (Å²) in [5.74, 6) is 0. The number of benzene rings is 2. The summed E-state index contributed by atoms with van der Waals surface area (Å²) in [4.78, 5) is 0. The van der Waals surface area contributed by atoms with Gasteiger partial charge in [-0.05, 0) is 48.1 Å². The molecule has 0 aromatic heterocycles. The Kier molecular flexibility index (Phi) is 5.82. The van der Waals surface area contributed by atoms with E-state index in [1.165, 1.54) is 0 Å². The van der Waals surface area contributed by atoms with E-state index in [9.17, 15) is 0 Å². The Labute approximate surface area is 142 Å². The van der Waals surface area contributed by atoms with Gasteiger partial charge in [0, 0.05) is 10.0 Å². The molecular weight excluding hydrogens is 349 g/mol. The minimum Gasteiger partial charge on any atom is -0.330 e. The van der Waals surface area contributed by atoms with Gasteiger partial charge in [0.1, 0.15) is 0 Å². The molecule has 0 saturated carbocycles. The van der Waals surface area contributed by atoms with Crippen LogP contribution in [-0.4, -0.2) is 11.3 Å². The summed E-state index contributed by atoms with van der Waals surface area (Å²) in [5.41, 5.74) is 4.21. The van der Waals surface area contributed by atoms with E-state index in [0.717, 1.165) is 5.56 Å². The van der Waals surface area contributed by atoms with Gasteiger partial charge in [0.2, 0.25) is 0 Å². The van der Waals surface area contributed by atoms with Crippen LogP contribution < -0.4 is 10.7 Å². The third-order valence-electron chi connectivity index (χ3n) is 2.43. The highest BCUT2D eigenvalue weighted by molar-refractivity contribution is 7.80. The van der Waals surface area contributed by atoms with Gasteiger partial charge in [0.15, 0.2) is 5.11 Å². The van der Waals surface area contributed by atoms with Gasteiger partial charge >= 0.3 is 0 Å². The summed E-state index contributed by atoms with van der Waals surface area (Å²) in [6.07, 6.45) is 1.63. The van der Waals surface area contributed by atoms with Gasteiger partial charge in [-0.3, -0.25) is 5.43 Å². The second kappa shape index (κ2) is 7.61. The fourth-order valence-electron chi connectivity index (χ4n) is 1.46. The lowest BCUT2D eigenvalue weighted by atomic mass is 10.2. The van der Waals surface area contributed by atoms with Gasteiger partial charge in [-0.15, -0.1) is 0 Å². The molecule has 2 aromatic rings. The van der Waals surface area contributed by atoms with E-state index in [2.05, 4.69) is 15.8 Å². The first kappa shape index (κ1) is 16.0. The number of anilines is 1.